The van der Waals surface area contributed by atoms with Crippen LogP contribution in [0.5, 0.6) is 0 Å². The number of rotatable bonds is 1. The van der Waals surface area contributed by atoms with Gasteiger partial charge in [0, 0.05) is 42.0 Å². The summed E-state index contributed by atoms with van der Waals surface area (Å²) in [7, 11) is 1.98. The highest BCUT2D eigenvalue weighted by Crippen LogP contribution is 2.27. The highest BCUT2D eigenvalue weighted by atomic mass is 16.1. The molecular formula is C12H11N3O. The van der Waals surface area contributed by atoms with E-state index in [9.17, 15) is 4.79 Å². The summed E-state index contributed by atoms with van der Waals surface area (Å²) in [5.41, 5.74) is 9.40. The molecule has 1 aromatic heterocycles. The molecule has 16 heavy (non-hydrogen) atoms. The van der Waals surface area contributed by atoms with Crippen LogP contribution in [0, 0.1) is 0 Å². The zero-order valence-corrected chi connectivity index (χ0v) is 8.90. The Morgan fingerprint density at radius 3 is 3.00 bits per heavy atom. The zero-order valence-electron chi connectivity index (χ0n) is 8.90. The molecule has 0 spiro atoms. The highest BCUT2D eigenvalue weighted by molar-refractivity contribution is 6.18. The second-order valence-corrected chi connectivity index (χ2v) is 3.92. The third-order valence-electron chi connectivity index (χ3n) is 3.12. The van der Waals surface area contributed by atoms with Gasteiger partial charge in [-0.1, -0.05) is 0 Å². The molecule has 1 aromatic carbocycles. The average Bonchev–Trinajstić information content (AvgIpc) is 2.81. The SMILES string of the molecule is Cn1c(CN)cc2c3c(ccc21)C(=O)N=C3. The fourth-order valence-corrected chi connectivity index (χ4v) is 2.20. The molecule has 1 aliphatic rings. The fraction of sp³-hybridized carbons (Fsp3) is 0.167. The van der Waals surface area contributed by atoms with Crippen LogP contribution in [-0.4, -0.2) is 16.7 Å². The van der Waals surface area contributed by atoms with Gasteiger partial charge in [0.15, 0.2) is 0 Å². The lowest BCUT2D eigenvalue weighted by molar-refractivity contribution is 0.101. The van der Waals surface area contributed by atoms with Crippen LogP contribution in [-0.2, 0) is 13.6 Å². The Labute approximate surface area is 92.4 Å². The minimum atomic E-state index is -0.157. The number of hydrogen-bond donors (Lipinski definition) is 1. The van der Waals surface area contributed by atoms with E-state index in [0.717, 1.165) is 22.2 Å². The van der Waals surface area contributed by atoms with Gasteiger partial charge in [0.1, 0.15) is 0 Å². The van der Waals surface area contributed by atoms with Crippen LogP contribution in [0.2, 0.25) is 0 Å². The first-order valence-electron chi connectivity index (χ1n) is 5.12. The topological polar surface area (TPSA) is 60.4 Å². The van der Waals surface area contributed by atoms with Crippen molar-refractivity contribution in [1.29, 1.82) is 0 Å². The van der Waals surface area contributed by atoms with Crippen LogP contribution >= 0.6 is 0 Å². The number of nitrogens with zero attached hydrogens (tertiary/aromatic N) is 2. The molecule has 0 fully saturated rings. The van der Waals surface area contributed by atoms with E-state index in [2.05, 4.69) is 4.99 Å². The monoisotopic (exact) mass is 213 g/mol. The van der Waals surface area contributed by atoms with Gasteiger partial charge < -0.3 is 10.3 Å². The standard InChI is InChI=1S/C12H11N3O/c1-15-7(5-13)4-9-10-6-14-12(16)8(10)2-3-11(9)15/h2-4,6H,5,13H2,1H3. The summed E-state index contributed by atoms with van der Waals surface area (Å²) >= 11 is 0. The Morgan fingerprint density at radius 2 is 2.25 bits per heavy atom. The molecule has 2 N–H and O–H groups in total. The molecule has 0 unspecified atom stereocenters. The minimum Gasteiger partial charge on any atom is -0.346 e. The minimum absolute atomic E-state index is 0.157. The summed E-state index contributed by atoms with van der Waals surface area (Å²) in [5.74, 6) is -0.157. The molecule has 80 valence electrons. The zero-order chi connectivity index (χ0) is 11.3. The lowest BCUT2D eigenvalue weighted by Gasteiger charge is -2.01. The molecular weight excluding hydrogens is 202 g/mol. The van der Waals surface area contributed by atoms with E-state index in [1.807, 2.05) is 29.8 Å². The molecule has 1 amide bonds. The second-order valence-electron chi connectivity index (χ2n) is 3.92. The molecule has 4 heteroatoms. The Kier molecular flexibility index (Phi) is 1.76. The van der Waals surface area contributed by atoms with Crippen LogP contribution in [0.3, 0.4) is 0 Å². The van der Waals surface area contributed by atoms with Crippen molar-refractivity contribution in [3.63, 3.8) is 0 Å². The van der Waals surface area contributed by atoms with Gasteiger partial charge in [0.25, 0.3) is 5.91 Å². The van der Waals surface area contributed by atoms with E-state index in [1.165, 1.54) is 0 Å². The van der Waals surface area contributed by atoms with Crippen molar-refractivity contribution in [2.75, 3.05) is 0 Å². The molecule has 2 heterocycles. The van der Waals surface area contributed by atoms with Crippen LogP contribution < -0.4 is 5.73 Å². The number of nitrogens with two attached hydrogens (primary N) is 1. The normalized spacial score (nSPS) is 13.8. The highest BCUT2D eigenvalue weighted by Gasteiger charge is 2.19. The third kappa shape index (κ3) is 1.02. The summed E-state index contributed by atoms with van der Waals surface area (Å²) in [5, 5.41) is 1.05. The number of amides is 1. The molecule has 0 saturated carbocycles. The lowest BCUT2D eigenvalue weighted by atomic mass is 10.1. The summed E-state index contributed by atoms with van der Waals surface area (Å²) < 4.78 is 2.05. The number of aryl methyl sites for hydroxylation is 1. The van der Waals surface area contributed by atoms with Crippen LogP contribution in [0.25, 0.3) is 10.9 Å². The molecule has 3 rings (SSSR count). The van der Waals surface area contributed by atoms with Crippen molar-refractivity contribution in [2.24, 2.45) is 17.8 Å². The first kappa shape index (κ1) is 9.30. The molecule has 0 atom stereocenters. The summed E-state index contributed by atoms with van der Waals surface area (Å²) in [6, 6.07) is 5.80. The molecule has 1 aliphatic heterocycles. The predicted molar refractivity (Wildman–Crippen MR) is 62.7 cm³/mol. The van der Waals surface area contributed by atoms with E-state index < -0.39 is 0 Å². The van der Waals surface area contributed by atoms with Crippen molar-refractivity contribution in [3.05, 3.63) is 35.0 Å². The predicted octanol–water partition coefficient (Wildman–Crippen LogP) is 1.21. The number of aliphatic imine (C=N–C) groups is 1. The Hall–Kier alpha value is -1.94. The quantitative estimate of drug-likeness (QED) is 0.774. The maximum absolute atomic E-state index is 11.4. The van der Waals surface area contributed by atoms with Crippen molar-refractivity contribution in [3.8, 4) is 0 Å². The number of hydrogen-bond acceptors (Lipinski definition) is 2. The molecule has 2 aromatic rings. The Bertz CT molecular complexity index is 637. The molecule has 4 nitrogen and oxygen atoms in total. The van der Waals surface area contributed by atoms with Gasteiger partial charge in [-0.3, -0.25) is 4.79 Å². The summed E-state index contributed by atoms with van der Waals surface area (Å²) in [6.45, 7) is 0.491. The first-order valence-corrected chi connectivity index (χ1v) is 5.12. The number of fused-ring (bicyclic) bond motifs is 3. The van der Waals surface area contributed by atoms with Crippen LogP contribution in [0.15, 0.2) is 23.2 Å². The molecule has 0 radical (unpaired) electrons. The third-order valence-corrected chi connectivity index (χ3v) is 3.12. The van der Waals surface area contributed by atoms with Gasteiger partial charge in [-0.15, -0.1) is 0 Å². The number of benzene rings is 1. The van der Waals surface area contributed by atoms with Crippen molar-refractivity contribution < 1.29 is 4.79 Å². The number of aromatic nitrogens is 1. The van der Waals surface area contributed by atoms with Gasteiger partial charge >= 0.3 is 0 Å². The maximum Gasteiger partial charge on any atom is 0.277 e. The largest absolute Gasteiger partial charge is 0.346 e. The molecule has 0 bridgehead atoms. The second kappa shape index (κ2) is 3.02. The smallest absolute Gasteiger partial charge is 0.277 e. The van der Waals surface area contributed by atoms with E-state index in [4.69, 9.17) is 5.73 Å². The fourth-order valence-electron chi connectivity index (χ4n) is 2.20. The van der Waals surface area contributed by atoms with E-state index >= 15 is 0 Å². The van der Waals surface area contributed by atoms with E-state index in [0.29, 0.717) is 12.1 Å². The lowest BCUT2D eigenvalue weighted by Crippen LogP contribution is -2.02. The van der Waals surface area contributed by atoms with Gasteiger partial charge in [-0.25, -0.2) is 4.99 Å². The van der Waals surface area contributed by atoms with Crippen molar-refractivity contribution >= 4 is 23.0 Å². The van der Waals surface area contributed by atoms with Gasteiger partial charge in [-0.05, 0) is 18.2 Å². The summed E-state index contributed by atoms with van der Waals surface area (Å²) in [4.78, 5) is 15.3. The van der Waals surface area contributed by atoms with E-state index in [-0.39, 0.29) is 5.91 Å². The average molecular weight is 213 g/mol. The van der Waals surface area contributed by atoms with Crippen molar-refractivity contribution in [2.45, 2.75) is 6.54 Å². The Balaban J connectivity index is 2.42. The number of carbonyl (C=O) groups excluding carboxylic acids is 1. The first-order chi connectivity index (χ1) is 7.72. The van der Waals surface area contributed by atoms with Gasteiger partial charge in [0.05, 0.1) is 5.56 Å². The number of carbonyl (C=O) groups is 1. The van der Waals surface area contributed by atoms with Crippen LogP contribution in [0.1, 0.15) is 21.6 Å². The van der Waals surface area contributed by atoms with Gasteiger partial charge in [-0.2, -0.15) is 0 Å². The molecule has 0 aliphatic carbocycles. The van der Waals surface area contributed by atoms with Gasteiger partial charge in [0.2, 0.25) is 0 Å². The Morgan fingerprint density at radius 1 is 1.44 bits per heavy atom. The van der Waals surface area contributed by atoms with E-state index in [1.54, 1.807) is 6.21 Å². The van der Waals surface area contributed by atoms with Crippen LogP contribution in [0.4, 0.5) is 0 Å². The van der Waals surface area contributed by atoms with Crippen molar-refractivity contribution in [1.82, 2.24) is 4.57 Å². The molecule has 0 saturated heterocycles. The summed E-state index contributed by atoms with van der Waals surface area (Å²) in [6.07, 6.45) is 1.64. The maximum atomic E-state index is 11.4.